The van der Waals surface area contributed by atoms with E-state index < -0.39 is 0 Å². The molecule has 5 aromatic rings. The van der Waals surface area contributed by atoms with Crippen molar-refractivity contribution >= 4 is 15.9 Å². The summed E-state index contributed by atoms with van der Waals surface area (Å²) in [7, 11) is 0. The number of rotatable bonds is 4. The van der Waals surface area contributed by atoms with Crippen LogP contribution in [0.25, 0.3) is 45.3 Å². The summed E-state index contributed by atoms with van der Waals surface area (Å²) in [6, 6.07) is 35.7. The van der Waals surface area contributed by atoms with E-state index >= 15 is 0 Å². The molecule has 0 radical (unpaired) electrons. The summed E-state index contributed by atoms with van der Waals surface area (Å²) >= 11 is 3.55. The average molecular weight is 489 g/mol. The van der Waals surface area contributed by atoms with Gasteiger partial charge in [-0.15, -0.1) is 0 Å². The van der Waals surface area contributed by atoms with E-state index in [4.69, 9.17) is 20.2 Å². The molecule has 5 heteroatoms. The molecular formula is C28H17BrN4. The second kappa shape index (κ2) is 9.15. The van der Waals surface area contributed by atoms with Crippen LogP contribution in [0.3, 0.4) is 0 Å². The normalized spacial score (nSPS) is 10.5. The fourth-order valence-electron chi connectivity index (χ4n) is 3.55. The molecule has 0 N–H and O–H groups in total. The average Bonchev–Trinajstić information content (AvgIpc) is 2.89. The van der Waals surface area contributed by atoms with Crippen LogP contribution in [0.2, 0.25) is 0 Å². The molecule has 0 saturated heterocycles. The van der Waals surface area contributed by atoms with Crippen LogP contribution in [-0.2, 0) is 0 Å². The minimum Gasteiger partial charge on any atom is -0.208 e. The highest BCUT2D eigenvalue weighted by atomic mass is 79.9. The monoisotopic (exact) mass is 488 g/mol. The molecule has 33 heavy (non-hydrogen) atoms. The Morgan fingerprint density at radius 2 is 1.03 bits per heavy atom. The number of benzene rings is 4. The van der Waals surface area contributed by atoms with Gasteiger partial charge in [0.2, 0.25) is 0 Å². The molecule has 1 heterocycles. The first-order valence-electron chi connectivity index (χ1n) is 10.4. The first-order valence-corrected chi connectivity index (χ1v) is 11.2. The molecule has 1 aromatic heterocycles. The lowest BCUT2D eigenvalue weighted by Gasteiger charge is -2.10. The van der Waals surface area contributed by atoms with Gasteiger partial charge in [-0.25, -0.2) is 15.0 Å². The second-order valence-electron chi connectivity index (χ2n) is 7.45. The molecule has 0 aliphatic heterocycles. The molecule has 0 aliphatic rings. The first-order chi connectivity index (χ1) is 16.2. The Kier molecular flexibility index (Phi) is 5.75. The highest BCUT2D eigenvalue weighted by molar-refractivity contribution is 9.10. The highest BCUT2D eigenvalue weighted by Gasteiger charge is 2.13. The minimum absolute atomic E-state index is 0.566. The standard InChI is InChI=1S/C28H17BrN4/c29-25-11-5-9-23(17-25)22-8-4-10-24(16-22)28-32-26(20-6-2-1-3-7-20)31-27(33-28)21-14-12-19(18-30)13-15-21/h1-17H. The van der Waals surface area contributed by atoms with Crippen LogP contribution in [-0.4, -0.2) is 15.0 Å². The van der Waals surface area contributed by atoms with Gasteiger partial charge < -0.3 is 0 Å². The van der Waals surface area contributed by atoms with Gasteiger partial charge in [0, 0.05) is 21.2 Å². The summed E-state index contributed by atoms with van der Waals surface area (Å²) in [6.45, 7) is 0. The van der Waals surface area contributed by atoms with Crippen molar-refractivity contribution in [2.45, 2.75) is 0 Å². The Morgan fingerprint density at radius 1 is 0.515 bits per heavy atom. The van der Waals surface area contributed by atoms with E-state index in [1.54, 1.807) is 12.1 Å². The zero-order valence-electron chi connectivity index (χ0n) is 17.5. The smallest absolute Gasteiger partial charge is 0.164 e. The Bertz CT molecular complexity index is 1470. The molecule has 0 unspecified atom stereocenters. The summed E-state index contributed by atoms with van der Waals surface area (Å²) in [5, 5.41) is 9.13. The molecule has 0 saturated carbocycles. The SMILES string of the molecule is N#Cc1ccc(-c2nc(-c3ccccc3)nc(-c3cccc(-c4cccc(Br)c4)c3)n2)cc1. The molecular weight excluding hydrogens is 472 g/mol. The van der Waals surface area contributed by atoms with E-state index in [1.807, 2.05) is 66.7 Å². The van der Waals surface area contributed by atoms with E-state index in [0.29, 0.717) is 23.0 Å². The largest absolute Gasteiger partial charge is 0.208 e. The Balaban J connectivity index is 1.65. The van der Waals surface area contributed by atoms with Gasteiger partial charge in [-0.1, -0.05) is 76.6 Å². The molecule has 0 bridgehead atoms. The number of hydrogen-bond acceptors (Lipinski definition) is 4. The lowest BCUT2D eigenvalue weighted by atomic mass is 10.0. The summed E-state index contributed by atoms with van der Waals surface area (Å²) in [5.41, 5.74) is 5.43. The van der Waals surface area contributed by atoms with E-state index in [0.717, 1.165) is 32.3 Å². The van der Waals surface area contributed by atoms with Gasteiger partial charge >= 0.3 is 0 Å². The maximum absolute atomic E-state index is 9.13. The van der Waals surface area contributed by atoms with Crippen molar-refractivity contribution in [3.8, 4) is 51.4 Å². The number of nitriles is 1. The van der Waals surface area contributed by atoms with Crippen molar-refractivity contribution in [3.05, 3.63) is 113 Å². The van der Waals surface area contributed by atoms with Gasteiger partial charge in [0.1, 0.15) is 0 Å². The van der Waals surface area contributed by atoms with Crippen LogP contribution in [0, 0.1) is 11.3 Å². The number of hydrogen-bond donors (Lipinski definition) is 0. The van der Waals surface area contributed by atoms with Gasteiger partial charge in [0.05, 0.1) is 11.6 Å². The van der Waals surface area contributed by atoms with Crippen LogP contribution in [0.4, 0.5) is 0 Å². The molecule has 0 spiro atoms. The van der Waals surface area contributed by atoms with Gasteiger partial charge in [0.25, 0.3) is 0 Å². The molecule has 0 aliphatic carbocycles. The van der Waals surface area contributed by atoms with Crippen LogP contribution in [0.1, 0.15) is 5.56 Å². The van der Waals surface area contributed by atoms with Crippen molar-refractivity contribution in [3.63, 3.8) is 0 Å². The Hall–Kier alpha value is -4.14. The molecule has 156 valence electrons. The molecule has 0 atom stereocenters. The first kappa shape index (κ1) is 20.7. The Morgan fingerprint density at radius 3 is 1.67 bits per heavy atom. The third kappa shape index (κ3) is 4.57. The van der Waals surface area contributed by atoms with Gasteiger partial charge in [-0.05, 0) is 53.6 Å². The molecule has 4 aromatic carbocycles. The summed E-state index contributed by atoms with van der Waals surface area (Å²) in [5.74, 6) is 1.77. The van der Waals surface area contributed by atoms with Gasteiger partial charge in [-0.2, -0.15) is 5.26 Å². The Labute approximate surface area is 200 Å². The molecule has 5 rings (SSSR count). The maximum Gasteiger partial charge on any atom is 0.164 e. The zero-order chi connectivity index (χ0) is 22.6. The summed E-state index contributed by atoms with van der Waals surface area (Å²) < 4.78 is 1.03. The quantitative estimate of drug-likeness (QED) is 0.268. The van der Waals surface area contributed by atoms with Crippen molar-refractivity contribution in [1.29, 1.82) is 5.26 Å². The zero-order valence-corrected chi connectivity index (χ0v) is 19.1. The fourth-order valence-corrected chi connectivity index (χ4v) is 3.95. The lowest BCUT2D eigenvalue weighted by Crippen LogP contribution is -2.00. The van der Waals surface area contributed by atoms with Crippen LogP contribution in [0.5, 0.6) is 0 Å². The lowest BCUT2D eigenvalue weighted by molar-refractivity contribution is 1.07. The van der Waals surface area contributed by atoms with Gasteiger partial charge in [0.15, 0.2) is 17.5 Å². The van der Waals surface area contributed by atoms with E-state index in [-0.39, 0.29) is 0 Å². The third-order valence-electron chi connectivity index (χ3n) is 5.22. The van der Waals surface area contributed by atoms with Crippen molar-refractivity contribution in [2.24, 2.45) is 0 Å². The number of halogens is 1. The van der Waals surface area contributed by atoms with E-state index in [1.165, 1.54) is 0 Å². The predicted octanol–water partition coefficient (Wildman–Crippen LogP) is 7.17. The number of nitrogens with zero attached hydrogens (tertiary/aromatic N) is 4. The second-order valence-corrected chi connectivity index (χ2v) is 8.37. The summed E-state index contributed by atoms with van der Waals surface area (Å²) in [6.07, 6.45) is 0. The van der Waals surface area contributed by atoms with Crippen LogP contribution < -0.4 is 0 Å². The molecule has 0 amide bonds. The topological polar surface area (TPSA) is 62.5 Å². The van der Waals surface area contributed by atoms with Crippen molar-refractivity contribution in [1.82, 2.24) is 15.0 Å². The van der Waals surface area contributed by atoms with Crippen molar-refractivity contribution in [2.75, 3.05) is 0 Å². The third-order valence-corrected chi connectivity index (χ3v) is 5.71. The number of aromatic nitrogens is 3. The molecule has 4 nitrogen and oxygen atoms in total. The highest BCUT2D eigenvalue weighted by Crippen LogP contribution is 2.29. The maximum atomic E-state index is 9.13. The van der Waals surface area contributed by atoms with E-state index in [9.17, 15) is 0 Å². The summed E-state index contributed by atoms with van der Waals surface area (Å²) in [4.78, 5) is 14.3. The van der Waals surface area contributed by atoms with Crippen LogP contribution in [0.15, 0.2) is 108 Å². The minimum atomic E-state index is 0.566. The van der Waals surface area contributed by atoms with Gasteiger partial charge in [-0.3, -0.25) is 0 Å². The molecule has 0 fully saturated rings. The van der Waals surface area contributed by atoms with Crippen molar-refractivity contribution < 1.29 is 0 Å². The van der Waals surface area contributed by atoms with E-state index in [2.05, 4.69) is 46.3 Å². The fraction of sp³-hybridized carbons (Fsp3) is 0. The predicted molar refractivity (Wildman–Crippen MR) is 134 cm³/mol. The van der Waals surface area contributed by atoms with Crippen LogP contribution >= 0.6 is 15.9 Å².